The molecule has 3 rings (SSSR count). The number of nitrogens with zero attached hydrogens (tertiary/aromatic N) is 3. The van der Waals surface area contributed by atoms with Gasteiger partial charge in [-0.2, -0.15) is 5.10 Å². The summed E-state index contributed by atoms with van der Waals surface area (Å²) in [6, 6.07) is 5.60. The largest absolute Gasteiger partial charge is 0.460 e. The molecule has 0 bridgehead atoms. The fraction of sp³-hybridized carbons (Fsp3) is 0.500. The molecule has 2 aromatic rings. The first-order valence-corrected chi connectivity index (χ1v) is 7.44. The number of amides is 1. The van der Waals surface area contributed by atoms with E-state index in [-0.39, 0.29) is 5.91 Å². The number of furan rings is 1. The Morgan fingerprint density at radius 2 is 2.05 bits per heavy atom. The van der Waals surface area contributed by atoms with Crippen molar-refractivity contribution in [2.24, 2.45) is 13.0 Å². The molecule has 0 atom stereocenters. The van der Waals surface area contributed by atoms with Gasteiger partial charge in [0.2, 0.25) is 0 Å². The van der Waals surface area contributed by atoms with Crippen molar-refractivity contribution in [3.63, 3.8) is 0 Å². The molecule has 2 aromatic heterocycles. The normalized spacial score (nSPS) is 16.4. The Kier molecular flexibility index (Phi) is 3.57. The zero-order valence-corrected chi connectivity index (χ0v) is 12.8. The lowest BCUT2D eigenvalue weighted by Crippen LogP contribution is -2.38. The van der Waals surface area contributed by atoms with Crippen molar-refractivity contribution in [3.8, 4) is 11.5 Å². The van der Waals surface area contributed by atoms with Gasteiger partial charge in [-0.25, -0.2) is 0 Å². The molecule has 1 saturated heterocycles. The van der Waals surface area contributed by atoms with Gasteiger partial charge in [0.25, 0.3) is 5.91 Å². The Hall–Kier alpha value is -2.04. The van der Waals surface area contributed by atoms with Crippen LogP contribution < -0.4 is 0 Å². The smallest absolute Gasteiger partial charge is 0.272 e. The highest BCUT2D eigenvalue weighted by atomic mass is 16.3. The summed E-state index contributed by atoms with van der Waals surface area (Å²) in [4.78, 5) is 14.5. The molecule has 0 unspecified atom stereocenters. The molecule has 0 aliphatic carbocycles. The predicted octanol–water partition coefficient (Wildman–Crippen LogP) is 2.86. The fourth-order valence-electron chi connectivity index (χ4n) is 2.73. The molecule has 112 valence electrons. The van der Waals surface area contributed by atoms with E-state index in [0.717, 1.165) is 31.7 Å². The summed E-state index contributed by atoms with van der Waals surface area (Å²) in [6.45, 7) is 5.80. The van der Waals surface area contributed by atoms with Gasteiger partial charge in [-0.15, -0.1) is 0 Å². The van der Waals surface area contributed by atoms with E-state index in [2.05, 4.69) is 12.0 Å². The van der Waals surface area contributed by atoms with E-state index in [1.165, 1.54) is 0 Å². The minimum atomic E-state index is 0.0615. The molecule has 1 aliphatic rings. The Balaban J connectivity index is 1.82. The molecule has 0 saturated carbocycles. The van der Waals surface area contributed by atoms with Gasteiger partial charge in [0, 0.05) is 26.2 Å². The predicted molar refractivity (Wildman–Crippen MR) is 79.9 cm³/mol. The molecule has 3 heterocycles. The molecular formula is C16H21N3O2. The van der Waals surface area contributed by atoms with Crippen molar-refractivity contribution in [2.45, 2.75) is 26.7 Å². The van der Waals surface area contributed by atoms with Crippen LogP contribution in [0.3, 0.4) is 0 Å². The van der Waals surface area contributed by atoms with Gasteiger partial charge in [-0.3, -0.25) is 9.48 Å². The van der Waals surface area contributed by atoms with Crippen LogP contribution in [0.15, 0.2) is 22.6 Å². The average molecular weight is 287 g/mol. The molecule has 5 nitrogen and oxygen atoms in total. The van der Waals surface area contributed by atoms with Crippen LogP contribution in [0.5, 0.6) is 0 Å². The van der Waals surface area contributed by atoms with Crippen LogP contribution in [-0.4, -0.2) is 33.7 Å². The van der Waals surface area contributed by atoms with E-state index < -0.39 is 0 Å². The number of aromatic nitrogens is 2. The third-order valence-electron chi connectivity index (χ3n) is 4.16. The maximum Gasteiger partial charge on any atom is 0.272 e. The second-order valence-electron chi connectivity index (χ2n) is 5.92. The highest BCUT2D eigenvalue weighted by molar-refractivity contribution is 5.93. The topological polar surface area (TPSA) is 51.3 Å². The molecule has 1 fully saturated rings. The third-order valence-corrected chi connectivity index (χ3v) is 4.16. The second kappa shape index (κ2) is 5.39. The molecule has 0 spiro atoms. The Morgan fingerprint density at radius 3 is 2.67 bits per heavy atom. The number of carbonyl (C=O) groups is 1. The van der Waals surface area contributed by atoms with Gasteiger partial charge < -0.3 is 9.32 Å². The SMILES string of the molecule is Cc1ccc(-c2cc(C(=O)N3CCC(C)CC3)n(C)n2)o1. The van der Waals surface area contributed by atoms with Crippen molar-refractivity contribution < 1.29 is 9.21 Å². The molecular weight excluding hydrogens is 266 g/mol. The lowest BCUT2D eigenvalue weighted by Gasteiger charge is -2.30. The first-order chi connectivity index (χ1) is 10.0. The standard InChI is InChI=1S/C16H21N3O2/c1-11-6-8-19(9-7-11)16(20)14-10-13(17-18(14)3)15-5-4-12(2)21-15/h4-5,10-11H,6-9H2,1-3H3. The van der Waals surface area contributed by atoms with E-state index in [9.17, 15) is 4.79 Å². The molecule has 1 amide bonds. The van der Waals surface area contributed by atoms with Gasteiger partial charge in [0.05, 0.1) is 0 Å². The third kappa shape index (κ3) is 2.73. The first-order valence-electron chi connectivity index (χ1n) is 7.44. The monoisotopic (exact) mass is 287 g/mol. The van der Waals surface area contributed by atoms with Crippen LogP contribution in [0.25, 0.3) is 11.5 Å². The van der Waals surface area contributed by atoms with Crippen LogP contribution in [0.4, 0.5) is 0 Å². The van der Waals surface area contributed by atoms with Crippen molar-refractivity contribution in [1.82, 2.24) is 14.7 Å². The Morgan fingerprint density at radius 1 is 1.33 bits per heavy atom. The first kappa shape index (κ1) is 13.9. The molecule has 5 heteroatoms. The summed E-state index contributed by atoms with van der Waals surface area (Å²) in [5, 5.41) is 4.40. The van der Waals surface area contributed by atoms with E-state index >= 15 is 0 Å². The number of hydrogen-bond donors (Lipinski definition) is 0. The van der Waals surface area contributed by atoms with Gasteiger partial charge in [-0.1, -0.05) is 6.92 Å². The Labute approximate surface area is 124 Å². The zero-order valence-electron chi connectivity index (χ0n) is 12.8. The van der Waals surface area contributed by atoms with E-state index in [1.807, 2.05) is 30.0 Å². The number of likely N-dealkylation sites (tertiary alicyclic amines) is 1. The zero-order chi connectivity index (χ0) is 15.0. The van der Waals surface area contributed by atoms with Crippen LogP contribution in [-0.2, 0) is 7.05 Å². The fourth-order valence-corrected chi connectivity index (χ4v) is 2.73. The summed E-state index contributed by atoms with van der Waals surface area (Å²) in [5.74, 6) is 2.32. The lowest BCUT2D eigenvalue weighted by atomic mass is 9.99. The average Bonchev–Trinajstić information content (AvgIpc) is 3.05. The lowest BCUT2D eigenvalue weighted by molar-refractivity contribution is 0.0686. The molecule has 21 heavy (non-hydrogen) atoms. The second-order valence-corrected chi connectivity index (χ2v) is 5.92. The number of rotatable bonds is 2. The summed E-state index contributed by atoms with van der Waals surface area (Å²) in [6.07, 6.45) is 2.15. The van der Waals surface area contributed by atoms with Gasteiger partial charge >= 0.3 is 0 Å². The maximum atomic E-state index is 12.6. The van der Waals surface area contributed by atoms with E-state index in [0.29, 0.717) is 23.1 Å². The molecule has 1 aliphatic heterocycles. The van der Waals surface area contributed by atoms with E-state index in [1.54, 1.807) is 11.7 Å². The van der Waals surface area contributed by atoms with Gasteiger partial charge in [0.15, 0.2) is 5.76 Å². The molecule has 0 aromatic carbocycles. The molecule has 0 N–H and O–H groups in total. The summed E-state index contributed by atoms with van der Waals surface area (Å²) < 4.78 is 7.22. The quantitative estimate of drug-likeness (QED) is 0.853. The summed E-state index contributed by atoms with van der Waals surface area (Å²) in [7, 11) is 1.80. The van der Waals surface area contributed by atoms with Crippen molar-refractivity contribution in [2.75, 3.05) is 13.1 Å². The number of aryl methyl sites for hydroxylation is 2. The minimum Gasteiger partial charge on any atom is -0.460 e. The van der Waals surface area contributed by atoms with Crippen LogP contribution in [0.2, 0.25) is 0 Å². The van der Waals surface area contributed by atoms with Gasteiger partial charge in [0.1, 0.15) is 17.1 Å². The van der Waals surface area contributed by atoms with Crippen LogP contribution in [0.1, 0.15) is 36.0 Å². The van der Waals surface area contributed by atoms with Crippen LogP contribution >= 0.6 is 0 Å². The van der Waals surface area contributed by atoms with Gasteiger partial charge in [-0.05, 0) is 37.8 Å². The van der Waals surface area contributed by atoms with Crippen LogP contribution in [0, 0.1) is 12.8 Å². The highest BCUT2D eigenvalue weighted by Crippen LogP contribution is 2.23. The van der Waals surface area contributed by atoms with Crippen molar-refractivity contribution >= 4 is 5.91 Å². The highest BCUT2D eigenvalue weighted by Gasteiger charge is 2.24. The number of hydrogen-bond acceptors (Lipinski definition) is 3. The van der Waals surface area contributed by atoms with Crippen molar-refractivity contribution in [3.05, 3.63) is 29.7 Å². The van der Waals surface area contributed by atoms with E-state index in [4.69, 9.17) is 4.42 Å². The number of carbonyl (C=O) groups excluding carboxylic acids is 1. The number of piperidine rings is 1. The van der Waals surface area contributed by atoms with Crippen molar-refractivity contribution in [1.29, 1.82) is 0 Å². The Bertz CT molecular complexity index is 648. The molecule has 0 radical (unpaired) electrons. The summed E-state index contributed by atoms with van der Waals surface area (Å²) >= 11 is 0. The summed E-state index contributed by atoms with van der Waals surface area (Å²) in [5.41, 5.74) is 1.33. The maximum absolute atomic E-state index is 12.6. The minimum absolute atomic E-state index is 0.0615.